The predicted molar refractivity (Wildman–Crippen MR) is 106 cm³/mol. The van der Waals surface area contributed by atoms with Crippen molar-refractivity contribution in [1.82, 2.24) is 5.32 Å². The number of aryl methyl sites for hydroxylation is 2. The summed E-state index contributed by atoms with van der Waals surface area (Å²) in [5, 5.41) is 2.90. The number of benzene rings is 2. The maximum Gasteiger partial charge on any atom is 0.244 e. The van der Waals surface area contributed by atoms with Crippen LogP contribution in [0.2, 0.25) is 0 Å². The second kappa shape index (κ2) is 7.91. The second-order valence-electron chi connectivity index (χ2n) is 6.71. The van der Waals surface area contributed by atoms with Crippen molar-refractivity contribution in [2.24, 2.45) is 0 Å². The maximum absolute atomic E-state index is 12.7. The topological polar surface area (TPSA) is 66.5 Å². The van der Waals surface area contributed by atoms with Crippen molar-refractivity contribution in [3.63, 3.8) is 0 Å². The highest BCUT2D eigenvalue weighted by molar-refractivity contribution is 7.92. The second-order valence-corrected chi connectivity index (χ2v) is 8.57. The van der Waals surface area contributed by atoms with Gasteiger partial charge in [-0.15, -0.1) is 0 Å². The van der Waals surface area contributed by atoms with Crippen LogP contribution in [0.5, 0.6) is 0 Å². The van der Waals surface area contributed by atoms with Crippen LogP contribution in [0.4, 0.5) is 5.69 Å². The summed E-state index contributed by atoms with van der Waals surface area (Å²) in [6.45, 7) is 7.40. The van der Waals surface area contributed by atoms with Crippen LogP contribution in [0.3, 0.4) is 0 Å². The number of anilines is 1. The van der Waals surface area contributed by atoms with Gasteiger partial charge in [-0.3, -0.25) is 9.10 Å². The minimum atomic E-state index is -3.61. The zero-order valence-electron chi connectivity index (χ0n) is 15.9. The summed E-state index contributed by atoms with van der Waals surface area (Å²) in [6, 6.07) is 13.9. The Kier molecular flexibility index (Phi) is 6.08. The van der Waals surface area contributed by atoms with Crippen LogP contribution in [0.25, 0.3) is 0 Å². The Balaban J connectivity index is 2.22. The van der Waals surface area contributed by atoms with E-state index in [1.807, 2.05) is 57.2 Å². The molecule has 0 aliphatic rings. The van der Waals surface area contributed by atoms with Crippen molar-refractivity contribution in [1.29, 1.82) is 0 Å². The summed E-state index contributed by atoms with van der Waals surface area (Å²) in [5.41, 5.74) is 3.61. The lowest BCUT2D eigenvalue weighted by Gasteiger charge is -2.29. The van der Waals surface area contributed by atoms with Crippen molar-refractivity contribution >= 4 is 21.6 Å². The van der Waals surface area contributed by atoms with Gasteiger partial charge in [-0.1, -0.05) is 47.5 Å². The van der Waals surface area contributed by atoms with E-state index in [1.165, 1.54) is 0 Å². The molecule has 0 saturated heterocycles. The molecule has 0 spiro atoms. The highest BCUT2D eigenvalue weighted by atomic mass is 32.2. The number of hydrogen-bond acceptors (Lipinski definition) is 3. The Morgan fingerprint density at radius 2 is 1.38 bits per heavy atom. The third kappa shape index (κ3) is 4.85. The highest BCUT2D eigenvalue weighted by Gasteiger charge is 2.29. The Labute approximate surface area is 156 Å². The molecule has 2 aromatic carbocycles. The molecule has 0 radical (unpaired) electrons. The molecule has 0 saturated carbocycles. The predicted octanol–water partition coefficient (Wildman–Crippen LogP) is 3.34. The first kappa shape index (κ1) is 20.0. The molecule has 6 heteroatoms. The van der Waals surface area contributed by atoms with Gasteiger partial charge >= 0.3 is 0 Å². The Morgan fingerprint density at radius 1 is 0.923 bits per heavy atom. The molecule has 0 unspecified atom stereocenters. The van der Waals surface area contributed by atoms with Crippen LogP contribution in [0.15, 0.2) is 48.5 Å². The summed E-state index contributed by atoms with van der Waals surface area (Å²) in [4.78, 5) is 12.7. The van der Waals surface area contributed by atoms with Crippen LogP contribution in [0, 0.1) is 13.8 Å². The Morgan fingerprint density at radius 3 is 1.85 bits per heavy atom. The van der Waals surface area contributed by atoms with E-state index in [4.69, 9.17) is 0 Å². The Hall–Kier alpha value is -2.34. The Bertz CT molecular complexity index is 859. The van der Waals surface area contributed by atoms with E-state index in [0.29, 0.717) is 5.69 Å². The SMILES string of the molecule is Cc1ccc([C@@H](C)NC(=O)[C@@H](C)N(c2ccc(C)cc2)S(C)(=O)=O)cc1. The van der Waals surface area contributed by atoms with E-state index in [0.717, 1.165) is 27.3 Å². The molecule has 0 aliphatic carbocycles. The van der Waals surface area contributed by atoms with E-state index in [9.17, 15) is 13.2 Å². The largest absolute Gasteiger partial charge is 0.348 e. The first-order valence-electron chi connectivity index (χ1n) is 8.52. The van der Waals surface area contributed by atoms with E-state index in [-0.39, 0.29) is 11.9 Å². The fraction of sp³-hybridized carbons (Fsp3) is 0.350. The van der Waals surface area contributed by atoms with Crippen molar-refractivity contribution in [2.45, 2.75) is 39.8 Å². The number of hydrogen-bond donors (Lipinski definition) is 1. The number of carbonyl (C=O) groups excluding carboxylic acids is 1. The molecule has 140 valence electrons. The van der Waals surface area contributed by atoms with Gasteiger partial charge in [0, 0.05) is 0 Å². The van der Waals surface area contributed by atoms with E-state index >= 15 is 0 Å². The quantitative estimate of drug-likeness (QED) is 0.843. The molecule has 26 heavy (non-hydrogen) atoms. The number of sulfonamides is 1. The normalized spacial score (nSPS) is 13.7. The number of amides is 1. The minimum Gasteiger partial charge on any atom is -0.348 e. The molecule has 0 bridgehead atoms. The number of rotatable bonds is 6. The summed E-state index contributed by atoms with van der Waals surface area (Å²) in [6.07, 6.45) is 1.11. The lowest BCUT2D eigenvalue weighted by Crippen LogP contribution is -2.48. The van der Waals surface area contributed by atoms with E-state index in [2.05, 4.69) is 5.32 Å². The lowest BCUT2D eigenvalue weighted by molar-refractivity contribution is -0.122. The standard InChI is InChI=1S/C20H26N2O3S/c1-14-6-10-18(11-7-14)16(3)21-20(23)17(4)22(26(5,24)25)19-12-8-15(2)9-13-19/h6-13,16-17H,1-5H3,(H,21,23)/t16-,17-/m1/s1. The number of nitrogens with zero attached hydrogens (tertiary/aromatic N) is 1. The molecule has 1 N–H and O–H groups in total. The van der Waals surface area contributed by atoms with Crippen molar-refractivity contribution < 1.29 is 13.2 Å². The van der Waals surface area contributed by atoms with Gasteiger partial charge in [0.25, 0.3) is 0 Å². The molecular weight excluding hydrogens is 348 g/mol. The molecule has 0 aliphatic heterocycles. The van der Waals surface area contributed by atoms with Crippen LogP contribution in [0.1, 0.15) is 36.6 Å². The fourth-order valence-corrected chi connectivity index (χ4v) is 3.95. The van der Waals surface area contributed by atoms with Crippen molar-refractivity contribution in [3.8, 4) is 0 Å². The van der Waals surface area contributed by atoms with E-state index < -0.39 is 16.1 Å². The molecule has 0 heterocycles. The van der Waals surface area contributed by atoms with Crippen LogP contribution < -0.4 is 9.62 Å². The monoisotopic (exact) mass is 374 g/mol. The summed E-state index contributed by atoms with van der Waals surface area (Å²) >= 11 is 0. The van der Waals surface area contributed by atoms with Crippen molar-refractivity contribution in [2.75, 3.05) is 10.6 Å². The molecule has 0 aromatic heterocycles. The molecule has 0 fully saturated rings. The van der Waals surface area contributed by atoms with Gasteiger partial charge in [0.05, 0.1) is 18.0 Å². The van der Waals surface area contributed by atoms with Gasteiger partial charge in [0.1, 0.15) is 6.04 Å². The first-order chi connectivity index (χ1) is 12.1. The lowest BCUT2D eigenvalue weighted by atomic mass is 10.1. The highest BCUT2D eigenvalue weighted by Crippen LogP contribution is 2.22. The van der Waals surface area contributed by atoms with Gasteiger partial charge in [-0.05, 0) is 45.4 Å². The number of nitrogens with one attached hydrogen (secondary N) is 1. The maximum atomic E-state index is 12.7. The van der Waals surface area contributed by atoms with E-state index in [1.54, 1.807) is 19.1 Å². The van der Waals surface area contributed by atoms with Crippen LogP contribution in [-0.2, 0) is 14.8 Å². The zero-order chi connectivity index (χ0) is 19.5. The average Bonchev–Trinajstić information content (AvgIpc) is 2.56. The molecular formula is C20H26N2O3S. The third-order valence-electron chi connectivity index (χ3n) is 4.31. The first-order valence-corrected chi connectivity index (χ1v) is 10.4. The fourth-order valence-electron chi connectivity index (χ4n) is 2.77. The zero-order valence-corrected chi connectivity index (χ0v) is 16.7. The smallest absolute Gasteiger partial charge is 0.244 e. The van der Waals surface area contributed by atoms with Gasteiger partial charge in [0.2, 0.25) is 15.9 Å². The molecule has 5 nitrogen and oxygen atoms in total. The third-order valence-corrected chi connectivity index (χ3v) is 5.55. The minimum absolute atomic E-state index is 0.218. The van der Waals surface area contributed by atoms with Gasteiger partial charge in [-0.2, -0.15) is 0 Å². The molecule has 1 amide bonds. The van der Waals surface area contributed by atoms with Crippen molar-refractivity contribution in [3.05, 3.63) is 65.2 Å². The van der Waals surface area contributed by atoms with Gasteiger partial charge in [0.15, 0.2) is 0 Å². The van der Waals surface area contributed by atoms with Gasteiger partial charge < -0.3 is 5.32 Å². The van der Waals surface area contributed by atoms with Crippen LogP contribution in [-0.4, -0.2) is 26.6 Å². The van der Waals surface area contributed by atoms with Crippen LogP contribution >= 0.6 is 0 Å². The summed E-state index contributed by atoms with van der Waals surface area (Å²) in [5.74, 6) is -0.343. The average molecular weight is 375 g/mol. The molecule has 2 rings (SSSR count). The summed E-state index contributed by atoms with van der Waals surface area (Å²) < 4.78 is 25.8. The molecule has 2 aromatic rings. The molecule has 2 atom stereocenters. The number of carbonyl (C=O) groups is 1. The van der Waals surface area contributed by atoms with Gasteiger partial charge in [-0.25, -0.2) is 8.42 Å². The summed E-state index contributed by atoms with van der Waals surface area (Å²) in [7, 11) is -3.61.